The molecule has 0 spiro atoms. The van der Waals surface area contributed by atoms with Crippen molar-refractivity contribution in [3.8, 4) is 5.75 Å². The molecule has 0 saturated carbocycles. The fourth-order valence-electron chi connectivity index (χ4n) is 5.47. The lowest BCUT2D eigenvalue weighted by molar-refractivity contribution is -0.132. The fraction of sp³-hybridized carbons (Fsp3) is 0.212. The van der Waals surface area contributed by atoms with E-state index in [0.717, 1.165) is 39.6 Å². The zero-order valence-corrected chi connectivity index (χ0v) is 21.7. The van der Waals surface area contributed by atoms with Gasteiger partial charge in [0.15, 0.2) is 0 Å². The molecule has 5 nitrogen and oxygen atoms in total. The van der Waals surface area contributed by atoms with E-state index in [1.165, 1.54) is 0 Å². The van der Waals surface area contributed by atoms with E-state index in [1.807, 2.05) is 78.9 Å². The summed E-state index contributed by atoms with van der Waals surface area (Å²) in [5.41, 5.74) is 4.05. The highest BCUT2D eigenvalue weighted by atomic mass is 16.5. The number of nitrogens with zero attached hydrogens (tertiary/aromatic N) is 1. The van der Waals surface area contributed by atoms with Crippen molar-refractivity contribution in [1.82, 2.24) is 0 Å². The van der Waals surface area contributed by atoms with Crippen molar-refractivity contribution in [3.05, 3.63) is 113 Å². The van der Waals surface area contributed by atoms with Crippen molar-refractivity contribution in [2.75, 3.05) is 11.5 Å². The number of hydrogen-bond donors (Lipinski definition) is 1. The van der Waals surface area contributed by atoms with Gasteiger partial charge in [-0.25, -0.2) is 0 Å². The molecule has 1 saturated heterocycles. The average molecular weight is 504 g/mol. The number of anilines is 1. The Balaban J connectivity index is 1.57. The van der Waals surface area contributed by atoms with Crippen LogP contribution in [-0.2, 0) is 21.4 Å². The van der Waals surface area contributed by atoms with E-state index >= 15 is 0 Å². The Morgan fingerprint density at radius 2 is 1.66 bits per heavy atom. The maximum absolute atomic E-state index is 13.7. The highest BCUT2D eigenvalue weighted by Gasteiger charge is 2.47. The summed E-state index contributed by atoms with van der Waals surface area (Å²) in [7, 11) is 0. The second-order valence-corrected chi connectivity index (χ2v) is 11.0. The molecule has 1 amide bonds. The zero-order chi connectivity index (χ0) is 26.6. The number of carbonyl (C=O) groups is 2. The first kappa shape index (κ1) is 24.0. The second-order valence-electron chi connectivity index (χ2n) is 11.0. The quantitative estimate of drug-likeness (QED) is 0.192. The van der Waals surface area contributed by atoms with Crippen LogP contribution >= 0.6 is 0 Å². The van der Waals surface area contributed by atoms with Gasteiger partial charge in [-0.15, -0.1) is 0 Å². The van der Waals surface area contributed by atoms with Crippen LogP contribution in [0.5, 0.6) is 5.75 Å². The van der Waals surface area contributed by atoms with Crippen molar-refractivity contribution in [2.45, 2.75) is 38.6 Å². The van der Waals surface area contributed by atoms with E-state index in [4.69, 9.17) is 4.74 Å². The molecule has 1 unspecified atom stereocenters. The first-order chi connectivity index (χ1) is 18.2. The molecule has 2 heterocycles. The number of Topliss-reactive ketones (excluding diaryl/α,β-unsaturated/α-hetero) is 1. The van der Waals surface area contributed by atoms with Gasteiger partial charge in [-0.1, -0.05) is 81.4 Å². The molecular weight excluding hydrogens is 474 g/mol. The van der Waals surface area contributed by atoms with E-state index in [9.17, 15) is 14.7 Å². The molecule has 0 bridgehead atoms. The number of ketones is 1. The summed E-state index contributed by atoms with van der Waals surface area (Å²) in [6.07, 6.45) is 0.735. The SMILES string of the molecule is CC(C)(C)c1ccc(C2/C(=C(\O)c3ccc4c(c3)CCO4)C(=O)C(=O)N2c2cccc3ccccc23)cc1. The second kappa shape index (κ2) is 8.88. The first-order valence-corrected chi connectivity index (χ1v) is 12.9. The standard InChI is InChI=1S/C33H29NO4/c1-33(2,3)24-14-11-21(12-15-24)29-28(30(35)23-13-16-27-22(19-23)17-18-38-27)31(36)32(37)34(29)26-10-6-8-20-7-4-5-9-25(20)26/h4-16,19,29,35H,17-18H2,1-3H3/b30-28+. The number of ether oxygens (including phenoxy) is 1. The number of aliphatic hydroxyl groups excluding tert-OH is 1. The first-order valence-electron chi connectivity index (χ1n) is 12.9. The minimum absolute atomic E-state index is 0.0531. The largest absolute Gasteiger partial charge is 0.507 e. The predicted octanol–water partition coefficient (Wildman–Crippen LogP) is 6.70. The van der Waals surface area contributed by atoms with Crippen LogP contribution in [0.25, 0.3) is 16.5 Å². The van der Waals surface area contributed by atoms with Gasteiger partial charge in [-0.2, -0.15) is 0 Å². The van der Waals surface area contributed by atoms with Crippen LogP contribution in [0.1, 0.15) is 49.1 Å². The van der Waals surface area contributed by atoms with Crippen LogP contribution in [-0.4, -0.2) is 23.4 Å². The van der Waals surface area contributed by atoms with Crippen molar-refractivity contribution >= 4 is 33.9 Å². The Morgan fingerprint density at radius 1 is 0.921 bits per heavy atom. The van der Waals surface area contributed by atoms with Crippen LogP contribution < -0.4 is 9.64 Å². The Kier molecular flexibility index (Phi) is 5.60. The highest BCUT2D eigenvalue weighted by molar-refractivity contribution is 6.52. The maximum Gasteiger partial charge on any atom is 0.300 e. The topological polar surface area (TPSA) is 66.8 Å². The molecule has 4 aromatic rings. The van der Waals surface area contributed by atoms with Crippen LogP contribution in [0.2, 0.25) is 0 Å². The molecule has 0 aliphatic carbocycles. The van der Waals surface area contributed by atoms with Crippen LogP contribution in [0, 0.1) is 0 Å². The number of benzene rings is 4. The maximum atomic E-state index is 13.7. The normalized spacial score (nSPS) is 18.6. The summed E-state index contributed by atoms with van der Waals surface area (Å²) in [5.74, 6) is -0.743. The molecule has 0 radical (unpaired) electrons. The molecule has 5 heteroatoms. The van der Waals surface area contributed by atoms with E-state index in [1.54, 1.807) is 11.0 Å². The van der Waals surface area contributed by atoms with E-state index in [-0.39, 0.29) is 16.7 Å². The van der Waals surface area contributed by atoms with Crippen LogP contribution in [0.15, 0.2) is 90.5 Å². The molecule has 0 aromatic heterocycles. The minimum atomic E-state index is -0.778. The van der Waals surface area contributed by atoms with Crippen molar-refractivity contribution < 1.29 is 19.4 Å². The lowest BCUT2D eigenvalue weighted by Gasteiger charge is -2.27. The summed E-state index contributed by atoms with van der Waals surface area (Å²) in [6.45, 7) is 7.01. The van der Waals surface area contributed by atoms with E-state index in [0.29, 0.717) is 17.9 Å². The van der Waals surface area contributed by atoms with Gasteiger partial charge in [-0.05, 0) is 51.8 Å². The number of amides is 1. The van der Waals surface area contributed by atoms with E-state index < -0.39 is 17.7 Å². The third-order valence-electron chi connectivity index (χ3n) is 7.53. The molecule has 190 valence electrons. The van der Waals surface area contributed by atoms with Gasteiger partial charge in [-0.3, -0.25) is 14.5 Å². The monoisotopic (exact) mass is 503 g/mol. The third-order valence-corrected chi connectivity index (χ3v) is 7.53. The number of carbonyl (C=O) groups excluding carboxylic acids is 2. The predicted molar refractivity (Wildman–Crippen MR) is 150 cm³/mol. The molecule has 6 rings (SSSR count). The lowest BCUT2D eigenvalue weighted by atomic mass is 9.85. The molecule has 1 N–H and O–H groups in total. The van der Waals surface area contributed by atoms with Crippen LogP contribution in [0.3, 0.4) is 0 Å². The van der Waals surface area contributed by atoms with Crippen molar-refractivity contribution in [2.24, 2.45) is 0 Å². The van der Waals surface area contributed by atoms with Crippen molar-refractivity contribution in [1.29, 1.82) is 0 Å². The molecule has 2 aliphatic rings. The van der Waals surface area contributed by atoms with Crippen molar-refractivity contribution in [3.63, 3.8) is 0 Å². The molecular formula is C33H29NO4. The van der Waals surface area contributed by atoms with Gasteiger partial charge in [0.1, 0.15) is 11.5 Å². The van der Waals surface area contributed by atoms with Gasteiger partial charge in [0, 0.05) is 17.4 Å². The fourth-order valence-corrected chi connectivity index (χ4v) is 5.47. The summed E-state index contributed by atoms with van der Waals surface area (Å²) in [5, 5.41) is 13.4. The summed E-state index contributed by atoms with van der Waals surface area (Å²) in [4.78, 5) is 28.9. The average Bonchev–Trinajstić information content (AvgIpc) is 3.49. The van der Waals surface area contributed by atoms with Gasteiger partial charge in [0.05, 0.1) is 23.9 Å². The Labute approximate surface area is 222 Å². The van der Waals surface area contributed by atoms with Gasteiger partial charge in [0.2, 0.25) is 0 Å². The summed E-state index contributed by atoms with van der Waals surface area (Å²) >= 11 is 0. The Morgan fingerprint density at radius 3 is 2.42 bits per heavy atom. The number of aliphatic hydroxyl groups is 1. The number of fused-ring (bicyclic) bond motifs is 2. The molecule has 38 heavy (non-hydrogen) atoms. The third kappa shape index (κ3) is 3.86. The van der Waals surface area contributed by atoms with Crippen LogP contribution in [0.4, 0.5) is 5.69 Å². The molecule has 2 aliphatic heterocycles. The summed E-state index contributed by atoms with van der Waals surface area (Å²) < 4.78 is 5.61. The Bertz CT molecular complexity index is 1620. The molecule has 1 atom stereocenters. The lowest BCUT2D eigenvalue weighted by Crippen LogP contribution is -2.29. The molecule has 1 fully saturated rings. The molecule has 4 aromatic carbocycles. The summed E-state index contributed by atoms with van der Waals surface area (Å²) in [6, 6.07) is 26.1. The number of hydrogen-bond acceptors (Lipinski definition) is 4. The van der Waals surface area contributed by atoms with Gasteiger partial charge < -0.3 is 9.84 Å². The zero-order valence-electron chi connectivity index (χ0n) is 21.7. The van der Waals surface area contributed by atoms with Gasteiger partial charge >= 0.3 is 0 Å². The van der Waals surface area contributed by atoms with Gasteiger partial charge in [0.25, 0.3) is 11.7 Å². The Hall–Kier alpha value is -4.38. The smallest absolute Gasteiger partial charge is 0.300 e. The minimum Gasteiger partial charge on any atom is -0.507 e. The highest BCUT2D eigenvalue weighted by Crippen LogP contribution is 2.45. The van der Waals surface area contributed by atoms with E-state index in [2.05, 4.69) is 20.8 Å². The number of rotatable bonds is 3.